The smallest absolute Gasteiger partial charge is 0.240 e. The van der Waals surface area contributed by atoms with Crippen LogP contribution in [0.15, 0.2) is 47.4 Å². The fourth-order valence-electron chi connectivity index (χ4n) is 3.63. The van der Waals surface area contributed by atoms with E-state index in [1.165, 1.54) is 6.07 Å². The first-order valence-electron chi connectivity index (χ1n) is 10.3. The highest BCUT2D eigenvalue weighted by Crippen LogP contribution is 2.37. The van der Waals surface area contributed by atoms with E-state index in [4.69, 9.17) is 11.6 Å². The molecule has 1 saturated carbocycles. The van der Waals surface area contributed by atoms with Crippen molar-refractivity contribution < 1.29 is 18.0 Å². The Bertz CT molecular complexity index is 1120. The summed E-state index contributed by atoms with van der Waals surface area (Å²) >= 11 is 6.06. The molecule has 164 valence electrons. The van der Waals surface area contributed by atoms with Crippen LogP contribution in [0.2, 0.25) is 5.02 Å². The highest BCUT2D eigenvalue weighted by atomic mass is 35.5. The van der Waals surface area contributed by atoms with Crippen LogP contribution in [-0.2, 0) is 32.6 Å². The van der Waals surface area contributed by atoms with Crippen molar-refractivity contribution in [3.05, 3.63) is 58.6 Å². The van der Waals surface area contributed by atoms with Gasteiger partial charge in [0.1, 0.15) is 0 Å². The molecule has 0 bridgehead atoms. The minimum Gasteiger partial charge on any atom is -0.352 e. The van der Waals surface area contributed by atoms with Gasteiger partial charge in [-0.15, -0.1) is 0 Å². The molecule has 1 heterocycles. The van der Waals surface area contributed by atoms with Gasteiger partial charge in [0.05, 0.1) is 4.90 Å². The van der Waals surface area contributed by atoms with Crippen LogP contribution in [0.25, 0.3) is 0 Å². The second kappa shape index (κ2) is 8.98. The van der Waals surface area contributed by atoms with Gasteiger partial charge < -0.3 is 10.2 Å². The zero-order valence-corrected chi connectivity index (χ0v) is 18.5. The van der Waals surface area contributed by atoms with Gasteiger partial charge in [0.2, 0.25) is 21.8 Å². The number of halogens is 1. The van der Waals surface area contributed by atoms with Gasteiger partial charge in [-0.2, -0.15) is 0 Å². The first-order chi connectivity index (χ1) is 14.8. The van der Waals surface area contributed by atoms with Crippen LogP contribution in [0.5, 0.6) is 0 Å². The summed E-state index contributed by atoms with van der Waals surface area (Å²) in [5, 5.41) is 3.30. The van der Waals surface area contributed by atoms with Crippen LogP contribution in [-0.4, -0.2) is 33.3 Å². The number of sulfonamides is 1. The average Bonchev–Trinajstić information content (AvgIpc) is 3.51. The SMILES string of the molecule is O=C(CCNS(=O)(=O)c1ccc2c(c1)CCN2C(=O)C1CC1)NCc1ccccc1Cl. The molecule has 0 atom stereocenters. The largest absolute Gasteiger partial charge is 0.352 e. The van der Waals surface area contributed by atoms with Crippen LogP contribution in [0.3, 0.4) is 0 Å². The summed E-state index contributed by atoms with van der Waals surface area (Å²) in [4.78, 5) is 26.3. The number of hydrogen-bond donors (Lipinski definition) is 2. The number of nitrogens with zero attached hydrogens (tertiary/aromatic N) is 1. The molecule has 0 saturated heterocycles. The molecular formula is C22H24ClN3O4S. The Labute approximate surface area is 186 Å². The molecule has 0 unspecified atom stereocenters. The second-order valence-electron chi connectivity index (χ2n) is 7.82. The normalized spacial score (nSPS) is 15.6. The van der Waals surface area contributed by atoms with E-state index in [2.05, 4.69) is 10.0 Å². The van der Waals surface area contributed by atoms with E-state index in [9.17, 15) is 18.0 Å². The van der Waals surface area contributed by atoms with E-state index < -0.39 is 10.0 Å². The first-order valence-corrected chi connectivity index (χ1v) is 12.2. The first kappa shape index (κ1) is 21.8. The van der Waals surface area contributed by atoms with Gasteiger partial charge in [0.25, 0.3) is 0 Å². The summed E-state index contributed by atoms with van der Waals surface area (Å²) in [6.07, 6.45) is 2.53. The number of carbonyl (C=O) groups is 2. The molecule has 1 fully saturated rings. The maximum absolute atomic E-state index is 12.6. The Morgan fingerprint density at radius 3 is 2.65 bits per heavy atom. The predicted molar refractivity (Wildman–Crippen MR) is 118 cm³/mol. The number of amides is 2. The van der Waals surface area contributed by atoms with E-state index in [0.717, 1.165) is 29.7 Å². The van der Waals surface area contributed by atoms with Gasteiger partial charge in [-0.05, 0) is 54.7 Å². The van der Waals surface area contributed by atoms with Crippen molar-refractivity contribution in [1.82, 2.24) is 10.0 Å². The average molecular weight is 462 g/mol. The lowest BCUT2D eigenvalue weighted by Gasteiger charge is -2.17. The van der Waals surface area contributed by atoms with E-state index in [1.54, 1.807) is 23.1 Å². The molecule has 2 aromatic rings. The minimum atomic E-state index is -3.75. The van der Waals surface area contributed by atoms with Crippen molar-refractivity contribution in [1.29, 1.82) is 0 Å². The zero-order valence-electron chi connectivity index (χ0n) is 16.9. The predicted octanol–water partition coefficient (Wildman–Crippen LogP) is 2.62. The van der Waals surface area contributed by atoms with E-state index in [0.29, 0.717) is 18.0 Å². The Hall–Kier alpha value is -2.42. The molecule has 31 heavy (non-hydrogen) atoms. The molecule has 0 aromatic heterocycles. The molecule has 7 nitrogen and oxygen atoms in total. The molecule has 9 heteroatoms. The van der Waals surface area contributed by atoms with E-state index in [1.807, 2.05) is 18.2 Å². The number of carbonyl (C=O) groups excluding carboxylic acids is 2. The molecule has 0 radical (unpaired) electrons. The van der Waals surface area contributed by atoms with Crippen molar-refractivity contribution >= 4 is 39.1 Å². The van der Waals surface area contributed by atoms with Crippen LogP contribution < -0.4 is 14.9 Å². The van der Waals surface area contributed by atoms with Crippen molar-refractivity contribution in [3.8, 4) is 0 Å². The highest BCUT2D eigenvalue weighted by molar-refractivity contribution is 7.89. The topological polar surface area (TPSA) is 95.6 Å². The second-order valence-corrected chi connectivity index (χ2v) is 9.99. The van der Waals surface area contributed by atoms with Crippen LogP contribution in [0.4, 0.5) is 5.69 Å². The number of nitrogens with one attached hydrogen (secondary N) is 2. The number of rotatable bonds is 8. The fraction of sp³-hybridized carbons (Fsp3) is 0.364. The Kier molecular flexibility index (Phi) is 6.31. The van der Waals surface area contributed by atoms with Gasteiger partial charge in [0, 0.05) is 42.7 Å². The summed E-state index contributed by atoms with van der Waals surface area (Å²) in [6.45, 7) is 0.861. The highest BCUT2D eigenvalue weighted by Gasteiger charge is 2.36. The summed E-state index contributed by atoms with van der Waals surface area (Å²) in [5.74, 6) is -0.0128. The van der Waals surface area contributed by atoms with Crippen molar-refractivity contribution in [2.45, 2.75) is 37.1 Å². The van der Waals surface area contributed by atoms with Crippen LogP contribution >= 0.6 is 11.6 Å². The van der Waals surface area contributed by atoms with Gasteiger partial charge in [0.15, 0.2) is 0 Å². The number of hydrogen-bond acceptors (Lipinski definition) is 4. The molecule has 2 N–H and O–H groups in total. The van der Waals surface area contributed by atoms with Crippen LogP contribution in [0, 0.1) is 5.92 Å². The molecular weight excluding hydrogens is 438 g/mol. The number of benzene rings is 2. The summed E-state index contributed by atoms with van der Waals surface area (Å²) < 4.78 is 27.7. The quantitative estimate of drug-likeness (QED) is 0.631. The number of anilines is 1. The lowest BCUT2D eigenvalue weighted by Crippen LogP contribution is -2.31. The Morgan fingerprint density at radius 1 is 1.13 bits per heavy atom. The Balaban J connectivity index is 1.30. The maximum Gasteiger partial charge on any atom is 0.240 e. The van der Waals surface area contributed by atoms with Crippen LogP contribution in [0.1, 0.15) is 30.4 Å². The molecule has 2 amide bonds. The molecule has 1 aliphatic heterocycles. The lowest BCUT2D eigenvalue weighted by molar-refractivity contribution is -0.121. The maximum atomic E-state index is 12.6. The van der Waals surface area contributed by atoms with Crippen molar-refractivity contribution in [3.63, 3.8) is 0 Å². The van der Waals surface area contributed by atoms with Gasteiger partial charge in [-0.25, -0.2) is 13.1 Å². The van der Waals surface area contributed by atoms with Gasteiger partial charge in [-0.3, -0.25) is 9.59 Å². The fourth-order valence-corrected chi connectivity index (χ4v) is 4.92. The third-order valence-electron chi connectivity index (χ3n) is 5.53. The summed E-state index contributed by atoms with van der Waals surface area (Å²) in [6, 6.07) is 12.0. The van der Waals surface area contributed by atoms with Gasteiger partial charge >= 0.3 is 0 Å². The lowest BCUT2D eigenvalue weighted by atomic mass is 10.2. The van der Waals surface area contributed by atoms with Gasteiger partial charge in [-0.1, -0.05) is 29.8 Å². The zero-order chi connectivity index (χ0) is 22.0. The van der Waals surface area contributed by atoms with Crippen molar-refractivity contribution in [2.24, 2.45) is 5.92 Å². The molecule has 1 aliphatic carbocycles. The third kappa shape index (κ3) is 5.08. The van der Waals surface area contributed by atoms with Crippen molar-refractivity contribution in [2.75, 3.05) is 18.0 Å². The molecule has 2 aromatic carbocycles. The third-order valence-corrected chi connectivity index (χ3v) is 7.35. The van der Waals surface area contributed by atoms with E-state index in [-0.39, 0.29) is 42.1 Å². The standard InChI is InChI=1S/C22H24ClN3O4S/c23-19-4-2-1-3-17(19)14-24-21(27)9-11-25-31(29,30)18-7-8-20-16(13-18)10-12-26(20)22(28)15-5-6-15/h1-4,7-8,13,15,25H,5-6,9-12,14H2,(H,24,27). The van der Waals surface area contributed by atoms with E-state index >= 15 is 0 Å². The summed E-state index contributed by atoms with van der Waals surface area (Å²) in [5.41, 5.74) is 2.45. The molecule has 4 rings (SSSR count). The molecule has 2 aliphatic rings. The summed E-state index contributed by atoms with van der Waals surface area (Å²) in [7, 11) is -3.75. The Morgan fingerprint density at radius 2 is 1.90 bits per heavy atom. The monoisotopic (exact) mass is 461 g/mol. The number of fused-ring (bicyclic) bond motifs is 1. The minimum absolute atomic E-state index is 0.0122. The molecule has 0 spiro atoms.